The summed E-state index contributed by atoms with van der Waals surface area (Å²) >= 11 is 16.7. The maximum absolute atomic E-state index is 12.8. The molecular formula is C26H40Cl3N3O11. The number of halogens is 3. The van der Waals surface area contributed by atoms with Gasteiger partial charge in [0.25, 0.3) is 0 Å². The molecule has 0 rings (SSSR count). The van der Waals surface area contributed by atoms with Crippen LogP contribution in [0, 0.1) is 0 Å². The molecule has 0 saturated carbocycles. The predicted octanol–water partition coefficient (Wildman–Crippen LogP) is 3.24. The van der Waals surface area contributed by atoms with Crippen molar-refractivity contribution in [3.05, 3.63) is 12.2 Å². The van der Waals surface area contributed by atoms with Gasteiger partial charge in [-0.15, -0.1) is 0 Å². The third-order valence-electron chi connectivity index (χ3n) is 4.87. The Balaban J connectivity index is 5.79. The molecule has 0 aromatic rings. The second-order valence-electron chi connectivity index (χ2n) is 10.0. The second kappa shape index (κ2) is 19.3. The summed E-state index contributed by atoms with van der Waals surface area (Å²) < 4.78 is 23.0. The number of nitrogens with one attached hydrogen (secondary N) is 3. The first-order valence-corrected chi connectivity index (χ1v) is 14.3. The number of methoxy groups -OCH3 is 1. The smallest absolute Gasteiger partial charge is 0.408 e. The van der Waals surface area contributed by atoms with Crippen molar-refractivity contribution in [3.63, 3.8) is 0 Å². The molecule has 3 N–H and O–H groups in total. The summed E-state index contributed by atoms with van der Waals surface area (Å²) in [5.41, 5.74) is -0.816. The Hall–Kier alpha value is -2.97. The van der Waals surface area contributed by atoms with E-state index in [0.717, 1.165) is 19.6 Å². The van der Waals surface area contributed by atoms with Crippen molar-refractivity contribution < 1.29 is 52.5 Å². The van der Waals surface area contributed by atoms with Crippen LogP contribution in [-0.4, -0.2) is 89.9 Å². The molecule has 4 atom stereocenters. The summed E-state index contributed by atoms with van der Waals surface area (Å²) in [5, 5.41) is 6.88. The van der Waals surface area contributed by atoms with E-state index in [2.05, 4.69) is 20.7 Å². The predicted molar refractivity (Wildman–Crippen MR) is 157 cm³/mol. The minimum absolute atomic E-state index is 0.0614. The first-order chi connectivity index (χ1) is 19.8. The highest BCUT2D eigenvalue weighted by Gasteiger charge is 2.30. The number of hydrogen-bond acceptors (Lipinski definition) is 11. The van der Waals surface area contributed by atoms with Crippen molar-refractivity contribution >= 4 is 70.8 Å². The number of rotatable bonds is 15. The van der Waals surface area contributed by atoms with Gasteiger partial charge >= 0.3 is 30.1 Å². The number of esters is 3. The van der Waals surface area contributed by atoms with Crippen LogP contribution in [0.15, 0.2) is 12.2 Å². The lowest BCUT2D eigenvalue weighted by Crippen LogP contribution is -2.50. The average molecular weight is 677 g/mol. The molecule has 0 aromatic carbocycles. The quantitative estimate of drug-likeness (QED) is 0.0761. The molecule has 0 saturated heterocycles. The van der Waals surface area contributed by atoms with E-state index in [1.54, 1.807) is 20.8 Å². The molecular weight excluding hydrogens is 637 g/mol. The van der Waals surface area contributed by atoms with Crippen molar-refractivity contribution in [2.45, 2.75) is 94.4 Å². The van der Waals surface area contributed by atoms with Crippen LogP contribution in [-0.2, 0) is 42.9 Å². The van der Waals surface area contributed by atoms with E-state index < -0.39 is 76.2 Å². The summed E-state index contributed by atoms with van der Waals surface area (Å²) in [5.74, 6) is -3.47. The fourth-order valence-corrected chi connectivity index (χ4v) is 2.95. The normalized spacial score (nSPS) is 14.4. The van der Waals surface area contributed by atoms with Crippen LogP contribution in [0.25, 0.3) is 0 Å². The molecule has 0 radical (unpaired) electrons. The number of alkyl halides is 3. The first kappa shape index (κ1) is 40.0. The molecule has 0 unspecified atom stereocenters. The Labute approximate surface area is 265 Å². The Kier molecular flexibility index (Phi) is 18.0. The molecule has 17 heteroatoms. The van der Waals surface area contributed by atoms with Gasteiger partial charge < -0.3 is 39.6 Å². The van der Waals surface area contributed by atoms with Crippen molar-refractivity contribution in [1.82, 2.24) is 16.0 Å². The molecule has 0 heterocycles. The van der Waals surface area contributed by atoms with E-state index in [4.69, 9.17) is 53.8 Å². The molecule has 0 aromatic heterocycles. The van der Waals surface area contributed by atoms with Gasteiger partial charge in [0.15, 0.2) is 0 Å². The van der Waals surface area contributed by atoms with Gasteiger partial charge in [0, 0.05) is 6.42 Å². The summed E-state index contributed by atoms with van der Waals surface area (Å²) in [7, 11) is 1.12. The van der Waals surface area contributed by atoms with E-state index in [-0.39, 0.29) is 13.0 Å². The number of hydrogen-bond donors (Lipinski definition) is 3. The van der Waals surface area contributed by atoms with Crippen molar-refractivity contribution in [2.75, 3.05) is 20.3 Å². The van der Waals surface area contributed by atoms with E-state index in [1.165, 1.54) is 19.9 Å². The van der Waals surface area contributed by atoms with Crippen molar-refractivity contribution in [3.8, 4) is 0 Å². The van der Waals surface area contributed by atoms with Crippen LogP contribution in [0.5, 0.6) is 0 Å². The second-order valence-corrected chi connectivity index (χ2v) is 12.6. The maximum atomic E-state index is 12.8. The molecule has 0 bridgehead atoms. The zero-order valence-corrected chi connectivity index (χ0v) is 27.4. The SMILES string of the molecule is CCCCOC(=O)[C@H](C/C=C/[C@H](NC(=O)OCC(Cl)(Cl)Cl)C(=O)N[C@H](C)C(=O)OC)OC(=O)[C@H](C)NC(=O)OC(C)(C)C. The molecule has 246 valence electrons. The number of carbonyl (C=O) groups is 6. The summed E-state index contributed by atoms with van der Waals surface area (Å²) in [4.78, 5) is 74.2. The zero-order chi connectivity index (χ0) is 33.4. The Morgan fingerprint density at radius 3 is 1.98 bits per heavy atom. The van der Waals surface area contributed by atoms with Gasteiger partial charge in [-0.3, -0.25) is 4.79 Å². The number of unbranched alkanes of at least 4 members (excludes halogenated alkanes) is 1. The van der Waals surface area contributed by atoms with Crippen LogP contribution in [0.4, 0.5) is 9.59 Å². The van der Waals surface area contributed by atoms with E-state index in [9.17, 15) is 28.8 Å². The molecule has 14 nitrogen and oxygen atoms in total. The number of alkyl carbamates (subject to hydrolysis) is 2. The van der Waals surface area contributed by atoms with E-state index in [0.29, 0.717) is 6.42 Å². The highest BCUT2D eigenvalue weighted by atomic mass is 35.6. The fourth-order valence-electron chi connectivity index (χ4n) is 2.78. The van der Waals surface area contributed by atoms with Crippen LogP contribution >= 0.6 is 34.8 Å². The number of ether oxygens (including phenoxy) is 5. The van der Waals surface area contributed by atoms with Crippen molar-refractivity contribution in [2.24, 2.45) is 0 Å². The molecule has 0 spiro atoms. The zero-order valence-electron chi connectivity index (χ0n) is 25.1. The average Bonchev–Trinajstić information content (AvgIpc) is 2.88. The first-order valence-electron chi connectivity index (χ1n) is 13.2. The Morgan fingerprint density at radius 1 is 0.837 bits per heavy atom. The van der Waals surface area contributed by atoms with Crippen molar-refractivity contribution in [1.29, 1.82) is 0 Å². The third kappa shape index (κ3) is 19.0. The lowest BCUT2D eigenvalue weighted by atomic mass is 10.1. The minimum Gasteiger partial charge on any atom is -0.467 e. The van der Waals surface area contributed by atoms with Gasteiger partial charge in [-0.1, -0.05) is 60.3 Å². The van der Waals surface area contributed by atoms with Crippen LogP contribution in [0.2, 0.25) is 0 Å². The topological polar surface area (TPSA) is 185 Å². The number of amides is 3. The Morgan fingerprint density at radius 2 is 1.44 bits per heavy atom. The van der Waals surface area contributed by atoms with Crippen LogP contribution < -0.4 is 16.0 Å². The van der Waals surface area contributed by atoms with Gasteiger partial charge in [0.05, 0.1) is 13.7 Å². The minimum atomic E-state index is -1.92. The maximum Gasteiger partial charge on any atom is 0.408 e. The molecule has 43 heavy (non-hydrogen) atoms. The molecule has 0 aliphatic heterocycles. The van der Waals surface area contributed by atoms with Gasteiger partial charge in [-0.2, -0.15) is 0 Å². The van der Waals surface area contributed by atoms with Gasteiger partial charge in [-0.25, -0.2) is 24.0 Å². The van der Waals surface area contributed by atoms with Crippen LogP contribution in [0.1, 0.15) is 60.8 Å². The lowest BCUT2D eigenvalue weighted by molar-refractivity contribution is -0.168. The monoisotopic (exact) mass is 675 g/mol. The molecule has 0 aliphatic carbocycles. The van der Waals surface area contributed by atoms with Crippen LogP contribution in [0.3, 0.4) is 0 Å². The molecule has 0 fully saturated rings. The summed E-state index contributed by atoms with van der Waals surface area (Å²) in [6.07, 6.45) is -0.123. The standard InChI is InChI=1S/C26H40Cl3N3O11/c1-8-9-13-40-22(36)18(42-21(35)16(3)31-24(38)43-25(4,5)6)12-10-11-17(19(33)30-15(2)20(34)39-7)32-23(37)41-14-26(27,28)29/h10-11,15-18H,8-9,12-14H2,1-7H3,(H,30,33)(H,31,38)(H,32,37)/b11-10+/t15-,16+,17+,18+/m1/s1. The van der Waals surface area contributed by atoms with E-state index in [1.807, 2.05) is 6.92 Å². The lowest BCUT2D eigenvalue weighted by Gasteiger charge is -2.22. The number of carbonyl (C=O) groups excluding carboxylic acids is 6. The van der Waals surface area contributed by atoms with Gasteiger partial charge in [0.1, 0.15) is 30.3 Å². The Bertz CT molecular complexity index is 997. The summed E-state index contributed by atoms with van der Waals surface area (Å²) in [6, 6.07) is -3.75. The van der Waals surface area contributed by atoms with Gasteiger partial charge in [0.2, 0.25) is 15.8 Å². The largest absolute Gasteiger partial charge is 0.467 e. The van der Waals surface area contributed by atoms with E-state index >= 15 is 0 Å². The molecule has 3 amide bonds. The highest BCUT2D eigenvalue weighted by molar-refractivity contribution is 6.67. The summed E-state index contributed by atoms with van der Waals surface area (Å²) in [6.45, 7) is 8.91. The molecule has 0 aliphatic rings. The van der Waals surface area contributed by atoms with Gasteiger partial charge in [-0.05, 0) is 41.0 Å². The highest BCUT2D eigenvalue weighted by Crippen LogP contribution is 2.25. The third-order valence-corrected chi connectivity index (χ3v) is 5.19. The fraction of sp³-hybridized carbons (Fsp3) is 0.692.